The molecule has 0 aliphatic rings. The third-order valence-electron chi connectivity index (χ3n) is 4.56. The van der Waals surface area contributed by atoms with Crippen LogP contribution < -0.4 is 10.8 Å². The summed E-state index contributed by atoms with van der Waals surface area (Å²) in [7, 11) is 1.42. The van der Waals surface area contributed by atoms with E-state index in [1.165, 1.54) is 19.2 Å². The predicted molar refractivity (Wildman–Crippen MR) is 114 cm³/mol. The number of aryl methyl sites for hydroxylation is 3. The van der Waals surface area contributed by atoms with Gasteiger partial charge in [0.1, 0.15) is 5.82 Å². The SMILES string of the molecule is CCCc1cc(CCc2cnc(Nc3ccc(F)cc3)nc2)cc(C(=O)NOC)c1. The largest absolute Gasteiger partial charge is 0.324 e. The first kappa shape index (κ1) is 21.4. The van der Waals surface area contributed by atoms with Crippen molar-refractivity contribution in [3.05, 3.63) is 82.9 Å². The van der Waals surface area contributed by atoms with Gasteiger partial charge in [-0.2, -0.15) is 0 Å². The monoisotopic (exact) mass is 408 g/mol. The number of hydrogen-bond donors (Lipinski definition) is 2. The molecule has 2 N–H and O–H groups in total. The predicted octanol–water partition coefficient (Wildman–Crippen LogP) is 4.39. The van der Waals surface area contributed by atoms with Crippen LogP contribution in [-0.4, -0.2) is 23.0 Å². The second kappa shape index (κ2) is 10.5. The Kier molecular flexibility index (Phi) is 7.45. The van der Waals surface area contributed by atoms with Crippen LogP contribution in [0.4, 0.5) is 16.0 Å². The Hall–Kier alpha value is -3.32. The number of halogens is 1. The molecule has 0 atom stereocenters. The van der Waals surface area contributed by atoms with Gasteiger partial charge in [0.15, 0.2) is 0 Å². The molecular weight excluding hydrogens is 383 g/mol. The molecule has 1 heterocycles. The number of nitrogens with zero attached hydrogens (tertiary/aromatic N) is 2. The van der Waals surface area contributed by atoms with E-state index >= 15 is 0 Å². The smallest absolute Gasteiger partial charge is 0.274 e. The summed E-state index contributed by atoms with van der Waals surface area (Å²) >= 11 is 0. The molecule has 0 unspecified atom stereocenters. The normalized spacial score (nSPS) is 10.6. The van der Waals surface area contributed by atoms with Gasteiger partial charge in [0, 0.05) is 23.6 Å². The van der Waals surface area contributed by atoms with E-state index in [-0.39, 0.29) is 11.7 Å². The molecule has 30 heavy (non-hydrogen) atoms. The van der Waals surface area contributed by atoms with Gasteiger partial charge >= 0.3 is 0 Å². The highest BCUT2D eigenvalue weighted by atomic mass is 19.1. The second-order valence-corrected chi connectivity index (χ2v) is 6.97. The maximum absolute atomic E-state index is 13.0. The average Bonchev–Trinajstić information content (AvgIpc) is 2.75. The molecule has 6 nitrogen and oxygen atoms in total. The highest BCUT2D eigenvalue weighted by Gasteiger charge is 2.09. The second-order valence-electron chi connectivity index (χ2n) is 6.97. The molecule has 1 amide bonds. The number of amides is 1. The van der Waals surface area contributed by atoms with Crippen molar-refractivity contribution >= 4 is 17.5 Å². The average molecular weight is 408 g/mol. The van der Waals surface area contributed by atoms with Gasteiger partial charge in [-0.3, -0.25) is 9.63 Å². The Bertz CT molecular complexity index is 975. The van der Waals surface area contributed by atoms with Crippen molar-refractivity contribution in [2.75, 3.05) is 12.4 Å². The Morgan fingerprint density at radius 3 is 2.23 bits per heavy atom. The molecule has 0 saturated heterocycles. The molecule has 0 fully saturated rings. The highest BCUT2D eigenvalue weighted by molar-refractivity contribution is 5.93. The van der Waals surface area contributed by atoms with Crippen molar-refractivity contribution in [1.29, 1.82) is 0 Å². The molecule has 2 aromatic carbocycles. The minimum atomic E-state index is -0.289. The summed E-state index contributed by atoms with van der Waals surface area (Å²) in [4.78, 5) is 25.6. The minimum absolute atomic E-state index is 0.253. The van der Waals surface area contributed by atoms with Gasteiger partial charge in [-0.05, 0) is 72.4 Å². The molecule has 0 aliphatic heterocycles. The molecule has 3 aromatic rings. The molecule has 1 aromatic heterocycles. The maximum Gasteiger partial charge on any atom is 0.274 e. The molecule has 0 radical (unpaired) electrons. The lowest BCUT2D eigenvalue weighted by Gasteiger charge is -2.10. The highest BCUT2D eigenvalue weighted by Crippen LogP contribution is 2.16. The fourth-order valence-corrected chi connectivity index (χ4v) is 3.12. The standard InChI is InChI=1S/C23H25FN4O2/c1-3-4-16-11-17(13-19(12-16)22(29)28-30-2)5-6-18-14-25-23(26-15-18)27-21-9-7-20(24)8-10-21/h7-15H,3-6H2,1-2H3,(H,28,29)(H,25,26,27). The lowest BCUT2D eigenvalue weighted by molar-refractivity contribution is 0.0537. The van der Waals surface area contributed by atoms with Crippen molar-refractivity contribution in [1.82, 2.24) is 15.4 Å². The number of carbonyl (C=O) groups excluding carboxylic acids is 1. The lowest BCUT2D eigenvalue weighted by Crippen LogP contribution is -2.22. The number of rotatable bonds is 9. The van der Waals surface area contributed by atoms with E-state index in [9.17, 15) is 9.18 Å². The van der Waals surface area contributed by atoms with Crippen molar-refractivity contribution in [3.63, 3.8) is 0 Å². The van der Waals surface area contributed by atoms with Gasteiger partial charge in [-0.25, -0.2) is 19.8 Å². The zero-order chi connectivity index (χ0) is 21.3. The van der Waals surface area contributed by atoms with E-state index in [0.717, 1.165) is 48.1 Å². The van der Waals surface area contributed by atoms with Crippen LogP contribution in [0.3, 0.4) is 0 Å². The summed E-state index contributed by atoms with van der Waals surface area (Å²) < 4.78 is 13.0. The number of benzene rings is 2. The van der Waals surface area contributed by atoms with Crippen LogP contribution in [0.5, 0.6) is 0 Å². The van der Waals surface area contributed by atoms with Crippen molar-refractivity contribution in [3.8, 4) is 0 Å². The first-order valence-corrected chi connectivity index (χ1v) is 9.87. The molecule has 0 saturated carbocycles. The van der Waals surface area contributed by atoms with Gasteiger partial charge in [0.2, 0.25) is 5.95 Å². The number of hydroxylamine groups is 1. The summed E-state index contributed by atoms with van der Waals surface area (Å²) in [6.45, 7) is 2.11. The third kappa shape index (κ3) is 6.09. The Morgan fingerprint density at radius 2 is 1.60 bits per heavy atom. The topological polar surface area (TPSA) is 76.1 Å². The van der Waals surface area contributed by atoms with E-state index in [4.69, 9.17) is 4.84 Å². The Morgan fingerprint density at radius 1 is 0.967 bits per heavy atom. The molecule has 156 valence electrons. The first-order chi connectivity index (χ1) is 14.6. The van der Waals surface area contributed by atoms with Crippen LogP contribution in [0.1, 0.15) is 40.4 Å². The molecule has 7 heteroatoms. The summed E-state index contributed by atoms with van der Waals surface area (Å²) in [5.41, 5.74) is 6.89. The fourth-order valence-electron chi connectivity index (χ4n) is 3.12. The number of anilines is 2. The van der Waals surface area contributed by atoms with E-state index in [0.29, 0.717) is 11.5 Å². The van der Waals surface area contributed by atoms with E-state index < -0.39 is 0 Å². The van der Waals surface area contributed by atoms with Crippen LogP contribution in [0, 0.1) is 5.82 Å². The van der Waals surface area contributed by atoms with Crippen LogP contribution >= 0.6 is 0 Å². The van der Waals surface area contributed by atoms with Gasteiger partial charge in [-0.15, -0.1) is 0 Å². The van der Waals surface area contributed by atoms with E-state index in [1.807, 2.05) is 12.1 Å². The van der Waals surface area contributed by atoms with Crippen molar-refractivity contribution < 1.29 is 14.0 Å². The minimum Gasteiger partial charge on any atom is -0.324 e. The molecule has 0 bridgehead atoms. The number of hydrogen-bond acceptors (Lipinski definition) is 5. The van der Waals surface area contributed by atoms with Crippen LogP contribution in [0.15, 0.2) is 54.9 Å². The van der Waals surface area contributed by atoms with Crippen LogP contribution in [-0.2, 0) is 24.1 Å². The lowest BCUT2D eigenvalue weighted by atomic mass is 9.98. The molecule has 0 spiro atoms. The summed E-state index contributed by atoms with van der Waals surface area (Å²) in [6, 6.07) is 12.0. The summed E-state index contributed by atoms with van der Waals surface area (Å²) in [5.74, 6) is -0.0900. The quantitative estimate of drug-likeness (QED) is 0.514. The summed E-state index contributed by atoms with van der Waals surface area (Å²) in [6.07, 6.45) is 6.97. The number of carbonyl (C=O) groups is 1. The van der Waals surface area contributed by atoms with Crippen LogP contribution in [0.2, 0.25) is 0 Å². The van der Waals surface area contributed by atoms with Gasteiger partial charge < -0.3 is 5.32 Å². The van der Waals surface area contributed by atoms with Gasteiger partial charge in [-0.1, -0.05) is 19.4 Å². The number of aromatic nitrogens is 2. The van der Waals surface area contributed by atoms with Gasteiger partial charge in [0.25, 0.3) is 5.91 Å². The third-order valence-corrected chi connectivity index (χ3v) is 4.56. The fraction of sp³-hybridized carbons (Fsp3) is 0.261. The zero-order valence-electron chi connectivity index (χ0n) is 17.1. The van der Waals surface area contributed by atoms with E-state index in [2.05, 4.69) is 33.8 Å². The Labute approximate surface area is 175 Å². The van der Waals surface area contributed by atoms with Crippen LogP contribution in [0.25, 0.3) is 0 Å². The zero-order valence-corrected chi connectivity index (χ0v) is 17.1. The first-order valence-electron chi connectivity index (χ1n) is 9.87. The van der Waals surface area contributed by atoms with Crippen molar-refractivity contribution in [2.45, 2.75) is 32.6 Å². The maximum atomic E-state index is 13.0. The summed E-state index contributed by atoms with van der Waals surface area (Å²) in [5, 5.41) is 3.04. The number of nitrogens with one attached hydrogen (secondary N) is 2. The molecule has 0 aliphatic carbocycles. The van der Waals surface area contributed by atoms with E-state index in [1.54, 1.807) is 24.5 Å². The molecular formula is C23H25FN4O2. The van der Waals surface area contributed by atoms with Gasteiger partial charge in [0.05, 0.1) is 7.11 Å². The Balaban J connectivity index is 1.65. The molecule has 3 rings (SSSR count). The van der Waals surface area contributed by atoms with Crippen molar-refractivity contribution in [2.24, 2.45) is 0 Å².